The molecule has 0 atom stereocenters. The van der Waals surface area contributed by atoms with Crippen molar-refractivity contribution in [1.29, 1.82) is 0 Å². The van der Waals surface area contributed by atoms with Crippen molar-refractivity contribution in [3.63, 3.8) is 0 Å². The Balaban J connectivity index is 2.44. The standard InChI is InChI=1S/C10H11O2/c1-2-8-4-3-5-9-10(8)12-7-6-11-9/h2-5H,6-7H2,1H3. The van der Waals surface area contributed by atoms with Crippen LogP contribution in [-0.2, 0) is 0 Å². The lowest BCUT2D eigenvalue weighted by atomic mass is 10.1. The van der Waals surface area contributed by atoms with E-state index in [1.807, 2.05) is 31.5 Å². The van der Waals surface area contributed by atoms with Crippen LogP contribution in [0, 0.1) is 6.42 Å². The van der Waals surface area contributed by atoms with Crippen molar-refractivity contribution in [3.8, 4) is 11.5 Å². The molecule has 0 aliphatic carbocycles. The first kappa shape index (κ1) is 7.47. The molecule has 0 saturated heterocycles. The quantitative estimate of drug-likeness (QED) is 0.630. The van der Waals surface area contributed by atoms with Gasteiger partial charge in [-0.3, -0.25) is 0 Å². The van der Waals surface area contributed by atoms with Crippen molar-refractivity contribution in [1.82, 2.24) is 0 Å². The lowest BCUT2D eigenvalue weighted by molar-refractivity contribution is 0.170. The first-order valence-corrected chi connectivity index (χ1v) is 4.10. The highest BCUT2D eigenvalue weighted by Crippen LogP contribution is 2.33. The van der Waals surface area contributed by atoms with Crippen LogP contribution in [0.5, 0.6) is 11.5 Å². The highest BCUT2D eigenvalue weighted by Gasteiger charge is 2.13. The predicted octanol–water partition coefficient (Wildman–Crippen LogP) is 2.03. The van der Waals surface area contributed by atoms with Crippen molar-refractivity contribution in [3.05, 3.63) is 30.2 Å². The van der Waals surface area contributed by atoms with Crippen LogP contribution in [0.15, 0.2) is 18.2 Å². The first-order chi connectivity index (χ1) is 5.92. The molecule has 0 bridgehead atoms. The molecule has 0 fully saturated rings. The Morgan fingerprint density at radius 1 is 1.25 bits per heavy atom. The highest BCUT2D eigenvalue weighted by atomic mass is 16.6. The summed E-state index contributed by atoms with van der Waals surface area (Å²) in [6, 6.07) is 5.93. The van der Waals surface area contributed by atoms with Crippen LogP contribution in [0.3, 0.4) is 0 Å². The summed E-state index contributed by atoms with van der Waals surface area (Å²) in [4.78, 5) is 0. The molecule has 2 rings (SSSR count). The minimum absolute atomic E-state index is 0.651. The second kappa shape index (κ2) is 3.05. The molecule has 12 heavy (non-hydrogen) atoms. The van der Waals surface area contributed by atoms with Crippen LogP contribution in [0.1, 0.15) is 12.5 Å². The van der Waals surface area contributed by atoms with E-state index in [9.17, 15) is 0 Å². The van der Waals surface area contributed by atoms with Crippen molar-refractivity contribution in [2.24, 2.45) is 0 Å². The molecular formula is C10H11O2. The number of fused-ring (bicyclic) bond motifs is 1. The molecule has 1 aromatic rings. The van der Waals surface area contributed by atoms with Gasteiger partial charge in [-0.2, -0.15) is 0 Å². The minimum Gasteiger partial charge on any atom is -0.486 e. The minimum atomic E-state index is 0.651. The van der Waals surface area contributed by atoms with Crippen LogP contribution in [0.4, 0.5) is 0 Å². The maximum Gasteiger partial charge on any atom is 0.164 e. The fraction of sp³-hybridized carbons (Fsp3) is 0.300. The van der Waals surface area contributed by atoms with E-state index in [0.717, 1.165) is 17.1 Å². The van der Waals surface area contributed by atoms with E-state index in [0.29, 0.717) is 13.2 Å². The lowest BCUT2D eigenvalue weighted by Gasteiger charge is -2.20. The van der Waals surface area contributed by atoms with Gasteiger partial charge in [-0.05, 0) is 12.5 Å². The van der Waals surface area contributed by atoms with Gasteiger partial charge in [-0.1, -0.05) is 19.1 Å². The normalized spacial score (nSPS) is 14.4. The zero-order chi connectivity index (χ0) is 8.39. The van der Waals surface area contributed by atoms with E-state index in [-0.39, 0.29) is 0 Å². The monoisotopic (exact) mass is 163 g/mol. The Kier molecular flexibility index (Phi) is 1.90. The molecule has 0 unspecified atom stereocenters. The first-order valence-electron chi connectivity index (χ1n) is 4.10. The largest absolute Gasteiger partial charge is 0.486 e. The number of ether oxygens (including phenoxy) is 2. The van der Waals surface area contributed by atoms with Gasteiger partial charge in [0, 0.05) is 5.56 Å². The van der Waals surface area contributed by atoms with Gasteiger partial charge in [0.2, 0.25) is 0 Å². The van der Waals surface area contributed by atoms with E-state index < -0.39 is 0 Å². The van der Waals surface area contributed by atoms with E-state index >= 15 is 0 Å². The molecule has 1 aromatic carbocycles. The third-order valence-electron chi connectivity index (χ3n) is 1.91. The Bertz CT molecular complexity index is 267. The molecule has 1 heterocycles. The zero-order valence-corrected chi connectivity index (χ0v) is 7.04. The molecule has 0 N–H and O–H groups in total. The summed E-state index contributed by atoms with van der Waals surface area (Å²) < 4.78 is 10.9. The van der Waals surface area contributed by atoms with Crippen LogP contribution in [0.25, 0.3) is 0 Å². The van der Waals surface area contributed by atoms with Crippen LogP contribution in [0.2, 0.25) is 0 Å². The number of benzene rings is 1. The molecule has 1 aliphatic rings. The van der Waals surface area contributed by atoms with E-state index in [1.165, 1.54) is 0 Å². The molecule has 0 amide bonds. The average Bonchev–Trinajstić information content (AvgIpc) is 2.17. The second-order valence-electron chi connectivity index (χ2n) is 2.66. The van der Waals surface area contributed by atoms with Gasteiger partial charge in [-0.25, -0.2) is 0 Å². The second-order valence-corrected chi connectivity index (χ2v) is 2.66. The highest BCUT2D eigenvalue weighted by molar-refractivity contribution is 5.50. The summed E-state index contributed by atoms with van der Waals surface area (Å²) in [5.74, 6) is 1.74. The average molecular weight is 163 g/mol. The molecule has 63 valence electrons. The van der Waals surface area contributed by atoms with Crippen molar-refractivity contribution in [2.45, 2.75) is 6.92 Å². The molecule has 2 heteroatoms. The molecule has 0 saturated carbocycles. The van der Waals surface area contributed by atoms with Crippen molar-refractivity contribution in [2.75, 3.05) is 13.2 Å². The summed E-state index contributed by atoms with van der Waals surface area (Å²) in [6.45, 7) is 3.30. The molecular weight excluding hydrogens is 152 g/mol. The summed E-state index contributed by atoms with van der Waals surface area (Å²) in [7, 11) is 0. The van der Waals surface area contributed by atoms with Gasteiger partial charge in [0.25, 0.3) is 0 Å². The Morgan fingerprint density at radius 2 is 2.08 bits per heavy atom. The molecule has 0 aromatic heterocycles. The van der Waals surface area contributed by atoms with Gasteiger partial charge < -0.3 is 9.47 Å². The number of rotatable bonds is 1. The Morgan fingerprint density at radius 3 is 2.92 bits per heavy atom. The number of para-hydroxylation sites is 1. The maximum atomic E-state index is 5.49. The zero-order valence-electron chi connectivity index (χ0n) is 7.04. The maximum absolute atomic E-state index is 5.49. The van der Waals surface area contributed by atoms with E-state index in [2.05, 4.69) is 0 Å². The molecule has 1 radical (unpaired) electrons. The fourth-order valence-corrected chi connectivity index (χ4v) is 1.32. The fourth-order valence-electron chi connectivity index (χ4n) is 1.32. The van der Waals surface area contributed by atoms with Gasteiger partial charge in [0.1, 0.15) is 13.2 Å². The summed E-state index contributed by atoms with van der Waals surface area (Å²) >= 11 is 0. The van der Waals surface area contributed by atoms with Gasteiger partial charge in [0.05, 0.1) is 0 Å². The smallest absolute Gasteiger partial charge is 0.164 e. The SMILES string of the molecule is C[CH]c1cccc2c1OCCO2. The Hall–Kier alpha value is -1.18. The predicted molar refractivity (Wildman–Crippen MR) is 46.5 cm³/mol. The third-order valence-corrected chi connectivity index (χ3v) is 1.91. The third kappa shape index (κ3) is 1.13. The van der Waals surface area contributed by atoms with Crippen molar-refractivity contribution >= 4 is 0 Å². The van der Waals surface area contributed by atoms with Gasteiger partial charge in [-0.15, -0.1) is 0 Å². The van der Waals surface area contributed by atoms with Crippen LogP contribution < -0.4 is 9.47 Å². The topological polar surface area (TPSA) is 18.5 Å². The van der Waals surface area contributed by atoms with Gasteiger partial charge in [0.15, 0.2) is 11.5 Å². The number of hydrogen-bond acceptors (Lipinski definition) is 2. The molecule has 0 spiro atoms. The number of hydrogen-bond donors (Lipinski definition) is 0. The summed E-state index contributed by atoms with van der Waals surface area (Å²) in [5, 5.41) is 0. The summed E-state index contributed by atoms with van der Waals surface area (Å²) in [5.41, 5.74) is 1.10. The summed E-state index contributed by atoms with van der Waals surface area (Å²) in [6.07, 6.45) is 2.02. The van der Waals surface area contributed by atoms with Gasteiger partial charge >= 0.3 is 0 Å². The van der Waals surface area contributed by atoms with E-state index in [1.54, 1.807) is 0 Å². The van der Waals surface area contributed by atoms with E-state index in [4.69, 9.17) is 9.47 Å². The van der Waals surface area contributed by atoms with Crippen LogP contribution in [-0.4, -0.2) is 13.2 Å². The molecule has 2 nitrogen and oxygen atoms in total. The van der Waals surface area contributed by atoms with Crippen molar-refractivity contribution < 1.29 is 9.47 Å². The Labute approximate surface area is 72.1 Å². The molecule has 1 aliphatic heterocycles. The lowest BCUT2D eigenvalue weighted by Crippen LogP contribution is -2.16. The van der Waals surface area contributed by atoms with Crippen LogP contribution >= 0.6 is 0 Å².